The zero-order chi connectivity index (χ0) is 11.0. The minimum Gasteiger partial charge on any atom is -0.378 e. The van der Waals surface area contributed by atoms with E-state index in [2.05, 4.69) is 15.2 Å². The lowest BCUT2D eigenvalue weighted by atomic mass is 10.2. The predicted molar refractivity (Wildman–Crippen MR) is 56.4 cm³/mol. The molecule has 0 bridgehead atoms. The van der Waals surface area contributed by atoms with Gasteiger partial charge in [-0.25, -0.2) is 0 Å². The molecule has 2 atom stereocenters. The number of morpholine rings is 1. The number of nitrogens with one attached hydrogen (secondary N) is 1. The first-order chi connectivity index (χ1) is 7.86. The van der Waals surface area contributed by atoms with Gasteiger partial charge in [0.1, 0.15) is 12.2 Å². The fourth-order valence-electron chi connectivity index (χ4n) is 2.25. The number of ether oxygens (including phenoxy) is 1. The maximum absolute atomic E-state index is 11.7. The molecule has 3 heterocycles. The van der Waals surface area contributed by atoms with Gasteiger partial charge in [-0.15, -0.1) is 0 Å². The van der Waals surface area contributed by atoms with E-state index in [4.69, 9.17) is 4.74 Å². The zero-order valence-electron chi connectivity index (χ0n) is 8.80. The highest BCUT2D eigenvalue weighted by Gasteiger charge is 2.42. The summed E-state index contributed by atoms with van der Waals surface area (Å²) in [5.41, 5.74) is 0.889. The van der Waals surface area contributed by atoms with Gasteiger partial charge in [0.15, 0.2) is 0 Å². The SMILES string of the molecule is O=C1NC(c2ccccn2)N2CCOCC12. The van der Waals surface area contributed by atoms with E-state index in [1.54, 1.807) is 6.20 Å². The van der Waals surface area contributed by atoms with Crippen LogP contribution in [0.4, 0.5) is 0 Å². The third-order valence-corrected chi connectivity index (χ3v) is 3.05. The Hall–Kier alpha value is -1.46. The smallest absolute Gasteiger partial charge is 0.241 e. The molecule has 0 spiro atoms. The molecule has 1 aromatic rings. The standard InChI is InChI=1S/C11H13N3O2/c15-11-9-7-16-6-5-14(9)10(13-11)8-3-1-2-4-12-8/h1-4,9-10H,5-7H2,(H,13,15). The second kappa shape index (κ2) is 3.84. The Morgan fingerprint density at radius 3 is 3.25 bits per heavy atom. The Balaban J connectivity index is 1.89. The number of pyridine rings is 1. The first-order valence-corrected chi connectivity index (χ1v) is 5.41. The number of carbonyl (C=O) groups is 1. The molecule has 2 saturated heterocycles. The van der Waals surface area contributed by atoms with E-state index in [9.17, 15) is 4.79 Å². The average Bonchev–Trinajstić information content (AvgIpc) is 2.69. The molecule has 2 aliphatic rings. The van der Waals surface area contributed by atoms with E-state index in [0.717, 1.165) is 12.2 Å². The van der Waals surface area contributed by atoms with Crippen LogP contribution in [0.1, 0.15) is 11.9 Å². The number of carbonyl (C=O) groups excluding carboxylic acids is 1. The molecule has 16 heavy (non-hydrogen) atoms. The summed E-state index contributed by atoms with van der Waals surface area (Å²) in [6.07, 6.45) is 1.65. The van der Waals surface area contributed by atoms with Crippen LogP contribution in [-0.2, 0) is 9.53 Å². The highest BCUT2D eigenvalue weighted by Crippen LogP contribution is 2.26. The largest absolute Gasteiger partial charge is 0.378 e. The Morgan fingerprint density at radius 2 is 2.44 bits per heavy atom. The fourth-order valence-corrected chi connectivity index (χ4v) is 2.25. The van der Waals surface area contributed by atoms with Crippen LogP contribution in [0.15, 0.2) is 24.4 Å². The van der Waals surface area contributed by atoms with Gasteiger partial charge in [0.25, 0.3) is 0 Å². The highest BCUT2D eigenvalue weighted by molar-refractivity contribution is 5.84. The van der Waals surface area contributed by atoms with Crippen LogP contribution in [0.5, 0.6) is 0 Å². The number of hydrogen-bond acceptors (Lipinski definition) is 4. The number of fused-ring (bicyclic) bond motifs is 1. The van der Waals surface area contributed by atoms with Gasteiger partial charge in [0.05, 0.1) is 18.9 Å². The molecule has 0 radical (unpaired) electrons. The van der Waals surface area contributed by atoms with E-state index in [0.29, 0.717) is 13.2 Å². The summed E-state index contributed by atoms with van der Waals surface area (Å²) in [5.74, 6) is 0.0374. The van der Waals surface area contributed by atoms with Crippen molar-refractivity contribution in [3.8, 4) is 0 Å². The van der Waals surface area contributed by atoms with Crippen molar-refractivity contribution in [1.82, 2.24) is 15.2 Å². The number of rotatable bonds is 1. The second-order valence-electron chi connectivity index (χ2n) is 3.99. The lowest BCUT2D eigenvalue weighted by molar-refractivity contribution is -0.125. The molecule has 0 aliphatic carbocycles. The van der Waals surface area contributed by atoms with Crippen LogP contribution in [0.25, 0.3) is 0 Å². The van der Waals surface area contributed by atoms with Crippen LogP contribution < -0.4 is 5.32 Å². The van der Waals surface area contributed by atoms with Crippen molar-refractivity contribution < 1.29 is 9.53 Å². The Kier molecular flexibility index (Phi) is 2.34. The Labute approximate surface area is 93.4 Å². The van der Waals surface area contributed by atoms with E-state index < -0.39 is 0 Å². The minimum absolute atomic E-state index is 0.0374. The summed E-state index contributed by atoms with van der Waals surface area (Å²) in [6.45, 7) is 1.93. The van der Waals surface area contributed by atoms with E-state index in [1.807, 2.05) is 18.2 Å². The summed E-state index contributed by atoms with van der Waals surface area (Å²) in [4.78, 5) is 18.1. The van der Waals surface area contributed by atoms with Gasteiger partial charge in [-0.05, 0) is 12.1 Å². The summed E-state index contributed by atoms with van der Waals surface area (Å²) in [6, 6.07) is 5.59. The zero-order valence-corrected chi connectivity index (χ0v) is 8.80. The molecule has 2 aliphatic heterocycles. The molecule has 1 N–H and O–H groups in total. The fraction of sp³-hybridized carbons (Fsp3) is 0.455. The molecule has 0 aromatic carbocycles. The van der Waals surface area contributed by atoms with Gasteiger partial charge in [0.2, 0.25) is 5.91 Å². The van der Waals surface area contributed by atoms with E-state index in [-0.39, 0.29) is 18.1 Å². The van der Waals surface area contributed by atoms with Crippen molar-refractivity contribution in [1.29, 1.82) is 0 Å². The van der Waals surface area contributed by atoms with E-state index >= 15 is 0 Å². The van der Waals surface area contributed by atoms with Gasteiger partial charge < -0.3 is 10.1 Å². The molecule has 1 amide bonds. The van der Waals surface area contributed by atoms with Crippen molar-refractivity contribution in [2.75, 3.05) is 19.8 Å². The number of hydrogen-bond donors (Lipinski definition) is 1. The Morgan fingerprint density at radius 1 is 1.50 bits per heavy atom. The molecule has 84 valence electrons. The maximum atomic E-state index is 11.7. The number of nitrogens with zero attached hydrogens (tertiary/aromatic N) is 2. The van der Waals surface area contributed by atoms with Crippen molar-refractivity contribution in [3.05, 3.63) is 30.1 Å². The molecule has 5 nitrogen and oxygen atoms in total. The number of aromatic nitrogens is 1. The summed E-state index contributed by atoms with van der Waals surface area (Å²) >= 11 is 0. The minimum atomic E-state index is -0.152. The van der Waals surface area contributed by atoms with Crippen LogP contribution >= 0.6 is 0 Å². The van der Waals surface area contributed by atoms with Crippen molar-refractivity contribution in [2.45, 2.75) is 12.2 Å². The molecule has 5 heteroatoms. The molecular weight excluding hydrogens is 206 g/mol. The average molecular weight is 219 g/mol. The third kappa shape index (κ3) is 1.48. The summed E-state index contributed by atoms with van der Waals surface area (Å²) in [7, 11) is 0. The van der Waals surface area contributed by atoms with Crippen LogP contribution in [0.2, 0.25) is 0 Å². The molecule has 2 fully saturated rings. The van der Waals surface area contributed by atoms with Crippen LogP contribution in [-0.4, -0.2) is 41.6 Å². The first-order valence-electron chi connectivity index (χ1n) is 5.41. The van der Waals surface area contributed by atoms with Gasteiger partial charge in [0, 0.05) is 12.7 Å². The maximum Gasteiger partial charge on any atom is 0.241 e. The number of amides is 1. The molecule has 0 saturated carbocycles. The molecule has 2 unspecified atom stereocenters. The monoisotopic (exact) mass is 219 g/mol. The molecule has 1 aromatic heterocycles. The van der Waals surface area contributed by atoms with Gasteiger partial charge in [-0.3, -0.25) is 14.7 Å². The Bertz CT molecular complexity index is 395. The molecular formula is C11H13N3O2. The topological polar surface area (TPSA) is 54.5 Å². The lowest BCUT2D eigenvalue weighted by Gasteiger charge is -2.30. The quantitative estimate of drug-likeness (QED) is 0.717. The van der Waals surface area contributed by atoms with Crippen LogP contribution in [0, 0.1) is 0 Å². The van der Waals surface area contributed by atoms with Crippen LogP contribution in [0.3, 0.4) is 0 Å². The van der Waals surface area contributed by atoms with Gasteiger partial charge in [-0.2, -0.15) is 0 Å². The highest BCUT2D eigenvalue weighted by atomic mass is 16.5. The lowest BCUT2D eigenvalue weighted by Crippen LogP contribution is -2.44. The van der Waals surface area contributed by atoms with Gasteiger partial charge in [-0.1, -0.05) is 6.07 Å². The normalized spacial score (nSPS) is 29.9. The first kappa shape index (κ1) is 9.74. The predicted octanol–water partition coefficient (Wildman–Crippen LogP) is -0.0892. The summed E-state index contributed by atoms with van der Waals surface area (Å²) < 4.78 is 5.32. The van der Waals surface area contributed by atoms with Gasteiger partial charge >= 0.3 is 0 Å². The second-order valence-corrected chi connectivity index (χ2v) is 3.99. The molecule has 3 rings (SSSR count). The van der Waals surface area contributed by atoms with Crippen molar-refractivity contribution in [2.24, 2.45) is 0 Å². The van der Waals surface area contributed by atoms with Crippen molar-refractivity contribution in [3.63, 3.8) is 0 Å². The van der Waals surface area contributed by atoms with E-state index in [1.165, 1.54) is 0 Å². The van der Waals surface area contributed by atoms with Crippen molar-refractivity contribution >= 4 is 5.91 Å². The summed E-state index contributed by atoms with van der Waals surface area (Å²) in [5, 5.41) is 2.96. The third-order valence-electron chi connectivity index (χ3n) is 3.05.